The van der Waals surface area contributed by atoms with Crippen molar-refractivity contribution in [3.8, 4) is 5.75 Å². The average molecular weight is 328 g/mol. The fourth-order valence-corrected chi connectivity index (χ4v) is 2.64. The Hall–Kier alpha value is -2.76. The number of carbonyl (C=O) groups excluding carboxylic acids is 1. The van der Waals surface area contributed by atoms with Crippen molar-refractivity contribution in [3.63, 3.8) is 0 Å². The van der Waals surface area contributed by atoms with Crippen molar-refractivity contribution in [3.05, 3.63) is 54.0 Å². The van der Waals surface area contributed by atoms with Gasteiger partial charge in [-0.15, -0.1) is 0 Å². The molecule has 1 aliphatic heterocycles. The molecule has 0 saturated heterocycles. The molecule has 0 unspecified atom stereocenters. The number of hydrogen-bond donors (Lipinski definition) is 0. The van der Waals surface area contributed by atoms with Crippen LogP contribution in [0.2, 0.25) is 0 Å². The molecule has 0 fully saturated rings. The van der Waals surface area contributed by atoms with Gasteiger partial charge in [0.15, 0.2) is 11.9 Å². The Morgan fingerprint density at radius 3 is 2.75 bits per heavy atom. The van der Waals surface area contributed by atoms with Crippen molar-refractivity contribution in [1.29, 1.82) is 0 Å². The first-order chi connectivity index (χ1) is 11.7. The number of methoxy groups -OCH3 is 1. The number of nitrogens with zero attached hydrogens (tertiary/aromatic N) is 2. The Bertz CT molecular complexity index is 707. The highest BCUT2D eigenvalue weighted by Crippen LogP contribution is 2.20. The van der Waals surface area contributed by atoms with Gasteiger partial charge in [-0.25, -0.2) is 0 Å². The molecule has 0 bridgehead atoms. The van der Waals surface area contributed by atoms with Gasteiger partial charge in [-0.3, -0.25) is 4.79 Å². The fraction of sp³-hybridized carbons (Fsp3) is 0.333. The summed E-state index contributed by atoms with van der Waals surface area (Å²) in [5.74, 6) is 1.01. The molecular weight excluding hydrogens is 308 g/mol. The maximum Gasteiger partial charge on any atom is 0.289 e. The molecule has 6 heteroatoms. The quantitative estimate of drug-likeness (QED) is 0.818. The summed E-state index contributed by atoms with van der Waals surface area (Å²) in [5, 5.41) is 4.17. The summed E-state index contributed by atoms with van der Waals surface area (Å²) in [6.45, 7) is 2.98. The standard InChI is InChI=1S/C18H20N2O4/c1-3-20(18(21)17-5-4-10-23-17)12-15-11-16(19-24-15)13-6-8-14(22-2)9-7-13/h4-10,15H,3,11-12H2,1-2H3/t15-/m0/s1. The van der Waals surface area contributed by atoms with Gasteiger partial charge in [-0.2, -0.15) is 0 Å². The number of amides is 1. The molecule has 0 spiro atoms. The number of likely N-dealkylation sites (N-methyl/N-ethyl adjacent to an activating group) is 1. The third-order valence-corrected chi connectivity index (χ3v) is 3.98. The van der Waals surface area contributed by atoms with Crippen LogP contribution in [0.3, 0.4) is 0 Å². The molecule has 3 rings (SSSR count). The molecule has 0 radical (unpaired) electrons. The van der Waals surface area contributed by atoms with E-state index < -0.39 is 0 Å². The van der Waals surface area contributed by atoms with Crippen LogP contribution in [0.25, 0.3) is 0 Å². The number of ether oxygens (including phenoxy) is 1. The van der Waals surface area contributed by atoms with E-state index in [-0.39, 0.29) is 12.0 Å². The van der Waals surface area contributed by atoms with Crippen LogP contribution in [0, 0.1) is 0 Å². The summed E-state index contributed by atoms with van der Waals surface area (Å²) in [7, 11) is 1.64. The van der Waals surface area contributed by atoms with Gasteiger partial charge in [0.25, 0.3) is 5.91 Å². The second-order valence-corrected chi connectivity index (χ2v) is 5.52. The second kappa shape index (κ2) is 7.21. The number of furan rings is 1. The highest BCUT2D eigenvalue weighted by Gasteiger charge is 2.27. The van der Waals surface area contributed by atoms with E-state index in [1.165, 1.54) is 6.26 Å². The SMILES string of the molecule is CCN(C[C@@H]1CC(c2ccc(OC)cc2)=NO1)C(=O)c1ccco1. The van der Waals surface area contributed by atoms with Crippen molar-refractivity contribution in [2.45, 2.75) is 19.4 Å². The lowest BCUT2D eigenvalue weighted by molar-refractivity contribution is 0.0418. The maximum atomic E-state index is 12.4. The van der Waals surface area contributed by atoms with Crippen molar-refractivity contribution in [1.82, 2.24) is 4.90 Å². The molecule has 0 aliphatic carbocycles. The lowest BCUT2D eigenvalue weighted by atomic mass is 10.0. The molecule has 126 valence electrons. The zero-order valence-corrected chi connectivity index (χ0v) is 13.8. The summed E-state index contributed by atoms with van der Waals surface area (Å²) < 4.78 is 10.3. The smallest absolute Gasteiger partial charge is 0.289 e. The lowest BCUT2D eigenvalue weighted by Crippen LogP contribution is -2.37. The molecule has 0 saturated carbocycles. The van der Waals surface area contributed by atoms with E-state index >= 15 is 0 Å². The normalized spacial score (nSPS) is 16.4. The number of rotatable bonds is 6. The van der Waals surface area contributed by atoms with Crippen molar-refractivity contribution in [2.24, 2.45) is 5.16 Å². The predicted molar refractivity (Wildman–Crippen MR) is 89.3 cm³/mol. The molecular formula is C18H20N2O4. The molecule has 2 aromatic rings. The Balaban J connectivity index is 1.60. The van der Waals surface area contributed by atoms with E-state index in [0.29, 0.717) is 25.3 Å². The Labute approximate surface area is 140 Å². The molecule has 6 nitrogen and oxygen atoms in total. The van der Waals surface area contributed by atoms with Crippen LogP contribution in [0.1, 0.15) is 29.5 Å². The summed E-state index contributed by atoms with van der Waals surface area (Å²) in [5.41, 5.74) is 1.88. The van der Waals surface area contributed by atoms with Crippen LogP contribution in [0.5, 0.6) is 5.75 Å². The highest BCUT2D eigenvalue weighted by molar-refractivity contribution is 6.01. The Morgan fingerprint density at radius 1 is 1.33 bits per heavy atom. The third-order valence-electron chi connectivity index (χ3n) is 3.98. The molecule has 1 atom stereocenters. The zero-order chi connectivity index (χ0) is 16.9. The van der Waals surface area contributed by atoms with Gasteiger partial charge >= 0.3 is 0 Å². The third kappa shape index (κ3) is 3.42. The van der Waals surface area contributed by atoms with Gasteiger partial charge < -0.3 is 18.9 Å². The fourth-order valence-electron chi connectivity index (χ4n) is 2.64. The summed E-state index contributed by atoms with van der Waals surface area (Å²) >= 11 is 0. The number of benzene rings is 1. The minimum atomic E-state index is -0.152. The maximum absolute atomic E-state index is 12.4. The topological polar surface area (TPSA) is 64.3 Å². The van der Waals surface area contributed by atoms with Crippen LogP contribution in [0.4, 0.5) is 0 Å². The van der Waals surface area contributed by atoms with E-state index in [1.807, 2.05) is 31.2 Å². The zero-order valence-electron chi connectivity index (χ0n) is 13.8. The van der Waals surface area contributed by atoms with Gasteiger partial charge in [0.05, 0.1) is 25.6 Å². The predicted octanol–water partition coefficient (Wildman–Crippen LogP) is 2.94. The number of carbonyl (C=O) groups is 1. The number of oxime groups is 1. The monoisotopic (exact) mass is 328 g/mol. The molecule has 24 heavy (non-hydrogen) atoms. The van der Waals surface area contributed by atoms with Gasteiger partial charge in [0.1, 0.15) is 5.75 Å². The Kier molecular flexibility index (Phi) is 4.84. The molecule has 1 aromatic heterocycles. The molecule has 0 N–H and O–H groups in total. The van der Waals surface area contributed by atoms with Crippen molar-refractivity contribution in [2.75, 3.05) is 20.2 Å². The highest BCUT2D eigenvalue weighted by atomic mass is 16.6. The van der Waals surface area contributed by atoms with E-state index in [1.54, 1.807) is 24.1 Å². The minimum absolute atomic E-state index is 0.135. The minimum Gasteiger partial charge on any atom is -0.497 e. The Morgan fingerprint density at radius 2 is 2.12 bits per heavy atom. The largest absolute Gasteiger partial charge is 0.497 e. The van der Waals surface area contributed by atoms with E-state index in [4.69, 9.17) is 14.0 Å². The first-order valence-corrected chi connectivity index (χ1v) is 7.91. The second-order valence-electron chi connectivity index (χ2n) is 5.52. The van der Waals surface area contributed by atoms with Crippen LogP contribution >= 0.6 is 0 Å². The van der Waals surface area contributed by atoms with E-state index in [9.17, 15) is 4.79 Å². The first kappa shape index (κ1) is 16.1. The van der Waals surface area contributed by atoms with Gasteiger partial charge in [0, 0.05) is 13.0 Å². The number of hydrogen-bond acceptors (Lipinski definition) is 5. The van der Waals surface area contributed by atoms with Crippen molar-refractivity contribution >= 4 is 11.6 Å². The van der Waals surface area contributed by atoms with Crippen molar-refractivity contribution < 1.29 is 18.8 Å². The first-order valence-electron chi connectivity index (χ1n) is 7.91. The van der Waals surface area contributed by atoms with Crippen LogP contribution in [-0.4, -0.2) is 42.8 Å². The molecule has 1 aliphatic rings. The van der Waals surface area contributed by atoms with Gasteiger partial charge in [0.2, 0.25) is 0 Å². The van der Waals surface area contributed by atoms with Crippen LogP contribution < -0.4 is 4.74 Å². The van der Waals surface area contributed by atoms with Gasteiger partial charge in [-0.1, -0.05) is 5.16 Å². The summed E-state index contributed by atoms with van der Waals surface area (Å²) in [6, 6.07) is 11.1. The molecule has 1 amide bonds. The van der Waals surface area contributed by atoms with E-state index in [0.717, 1.165) is 17.0 Å². The van der Waals surface area contributed by atoms with Crippen LogP contribution in [0.15, 0.2) is 52.2 Å². The lowest BCUT2D eigenvalue weighted by Gasteiger charge is -2.22. The average Bonchev–Trinajstić information content (AvgIpc) is 3.31. The molecule has 1 aromatic carbocycles. The van der Waals surface area contributed by atoms with E-state index in [2.05, 4.69) is 5.16 Å². The summed E-state index contributed by atoms with van der Waals surface area (Å²) in [4.78, 5) is 19.6. The van der Waals surface area contributed by atoms with Gasteiger partial charge in [-0.05, 0) is 48.9 Å². The van der Waals surface area contributed by atoms with Crippen LogP contribution in [-0.2, 0) is 4.84 Å². The molecule has 2 heterocycles. The summed E-state index contributed by atoms with van der Waals surface area (Å²) in [6.07, 6.45) is 2.01.